The standard InChI is InChI=1S/C12H15BrN4O/c1-7(2)4-8-10(13)12(18)16-11(15-8)9-5-14-6-17(9)3/h5-7H,4H2,1-3H3,(H,15,16,18). The molecule has 1 N–H and O–H groups in total. The SMILES string of the molecule is CC(C)Cc1nc(-c2cncn2C)[nH]c(=O)c1Br. The zero-order valence-electron chi connectivity index (χ0n) is 10.6. The van der Waals surface area contributed by atoms with Crippen LogP contribution in [0.3, 0.4) is 0 Å². The van der Waals surface area contributed by atoms with Gasteiger partial charge in [-0.25, -0.2) is 9.97 Å². The highest BCUT2D eigenvalue weighted by molar-refractivity contribution is 9.10. The van der Waals surface area contributed by atoms with Crippen molar-refractivity contribution >= 4 is 15.9 Å². The zero-order chi connectivity index (χ0) is 13.3. The van der Waals surface area contributed by atoms with Crippen molar-refractivity contribution in [3.05, 3.63) is 33.0 Å². The van der Waals surface area contributed by atoms with Crippen molar-refractivity contribution in [2.24, 2.45) is 13.0 Å². The molecule has 0 aliphatic heterocycles. The summed E-state index contributed by atoms with van der Waals surface area (Å²) in [6.07, 6.45) is 4.13. The van der Waals surface area contributed by atoms with Crippen LogP contribution in [0.25, 0.3) is 11.5 Å². The van der Waals surface area contributed by atoms with Crippen molar-refractivity contribution in [3.63, 3.8) is 0 Å². The van der Waals surface area contributed by atoms with E-state index in [4.69, 9.17) is 0 Å². The smallest absolute Gasteiger partial charge is 0.265 e. The number of hydrogen-bond donors (Lipinski definition) is 1. The molecule has 18 heavy (non-hydrogen) atoms. The van der Waals surface area contributed by atoms with Crippen LogP contribution >= 0.6 is 15.9 Å². The molecule has 0 atom stereocenters. The minimum absolute atomic E-state index is 0.156. The van der Waals surface area contributed by atoms with Gasteiger partial charge in [-0.2, -0.15) is 0 Å². The van der Waals surface area contributed by atoms with Gasteiger partial charge in [-0.1, -0.05) is 13.8 Å². The van der Waals surface area contributed by atoms with E-state index in [2.05, 4.69) is 44.7 Å². The molecule has 2 rings (SSSR count). The van der Waals surface area contributed by atoms with E-state index in [0.29, 0.717) is 16.2 Å². The minimum Gasteiger partial charge on any atom is -0.331 e. The molecule has 6 heteroatoms. The molecule has 0 aromatic carbocycles. The average molecular weight is 311 g/mol. The minimum atomic E-state index is -0.156. The number of nitrogens with one attached hydrogen (secondary N) is 1. The second-order valence-electron chi connectivity index (χ2n) is 4.66. The summed E-state index contributed by atoms with van der Waals surface area (Å²) >= 11 is 3.30. The first kappa shape index (κ1) is 13.0. The van der Waals surface area contributed by atoms with E-state index in [1.807, 2.05) is 11.6 Å². The van der Waals surface area contributed by atoms with Gasteiger partial charge < -0.3 is 9.55 Å². The molecule has 0 aliphatic carbocycles. The van der Waals surface area contributed by atoms with E-state index in [9.17, 15) is 4.79 Å². The number of halogens is 1. The third-order valence-corrected chi connectivity index (χ3v) is 3.41. The lowest BCUT2D eigenvalue weighted by Crippen LogP contribution is -2.15. The summed E-state index contributed by atoms with van der Waals surface area (Å²) in [6, 6.07) is 0. The lowest BCUT2D eigenvalue weighted by Gasteiger charge is -2.08. The Morgan fingerprint density at radius 2 is 2.22 bits per heavy atom. The van der Waals surface area contributed by atoms with E-state index >= 15 is 0 Å². The molecule has 0 amide bonds. The Morgan fingerprint density at radius 3 is 2.78 bits per heavy atom. The van der Waals surface area contributed by atoms with Crippen molar-refractivity contribution in [2.75, 3.05) is 0 Å². The van der Waals surface area contributed by atoms with Gasteiger partial charge in [0, 0.05) is 7.05 Å². The predicted molar refractivity (Wildman–Crippen MR) is 73.3 cm³/mol. The molecule has 2 aromatic rings. The van der Waals surface area contributed by atoms with E-state index in [-0.39, 0.29) is 5.56 Å². The fourth-order valence-corrected chi connectivity index (χ4v) is 2.08. The topological polar surface area (TPSA) is 63.6 Å². The average Bonchev–Trinajstić information content (AvgIpc) is 2.70. The lowest BCUT2D eigenvalue weighted by atomic mass is 10.1. The fourth-order valence-electron chi connectivity index (χ4n) is 1.73. The first-order chi connectivity index (χ1) is 8.49. The molecule has 96 valence electrons. The number of rotatable bonds is 3. The van der Waals surface area contributed by atoms with Gasteiger partial charge in [-0.3, -0.25) is 4.79 Å². The summed E-state index contributed by atoms with van der Waals surface area (Å²) in [7, 11) is 1.87. The summed E-state index contributed by atoms with van der Waals surface area (Å²) in [5, 5.41) is 0. The van der Waals surface area contributed by atoms with E-state index < -0.39 is 0 Å². The van der Waals surface area contributed by atoms with Crippen LogP contribution in [0.1, 0.15) is 19.5 Å². The Balaban J connectivity index is 2.54. The molecular weight excluding hydrogens is 296 g/mol. The third-order valence-electron chi connectivity index (χ3n) is 2.59. The molecule has 0 aliphatic rings. The highest BCUT2D eigenvalue weighted by atomic mass is 79.9. The lowest BCUT2D eigenvalue weighted by molar-refractivity contribution is 0.631. The monoisotopic (exact) mass is 310 g/mol. The number of aromatic nitrogens is 4. The van der Waals surface area contributed by atoms with Crippen LogP contribution < -0.4 is 5.56 Å². The van der Waals surface area contributed by atoms with E-state index in [1.54, 1.807) is 12.5 Å². The molecule has 0 saturated heterocycles. The van der Waals surface area contributed by atoms with Crippen molar-refractivity contribution in [1.29, 1.82) is 0 Å². The molecule has 0 radical (unpaired) electrons. The van der Waals surface area contributed by atoms with Crippen LogP contribution in [0, 0.1) is 5.92 Å². The number of aryl methyl sites for hydroxylation is 1. The van der Waals surface area contributed by atoms with Crippen molar-refractivity contribution in [3.8, 4) is 11.5 Å². The molecule has 0 saturated carbocycles. The van der Waals surface area contributed by atoms with E-state index in [0.717, 1.165) is 17.8 Å². The molecule has 0 spiro atoms. The molecule has 0 unspecified atom stereocenters. The zero-order valence-corrected chi connectivity index (χ0v) is 12.2. The second kappa shape index (κ2) is 5.06. The summed E-state index contributed by atoms with van der Waals surface area (Å²) in [4.78, 5) is 23.2. The fraction of sp³-hybridized carbons (Fsp3) is 0.417. The van der Waals surface area contributed by atoms with Crippen LogP contribution in [0.15, 0.2) is 21.8 Å². The van der Waals surface area contributed by atoms with Crippen molar-refractivity contribution in [1.82, 2.24) is 19.5 Å². The molecule has 2 heterocycles. The quantitative estimate of drug-likeness (QED) is 0.944. The third kappa shape index (κ3) is 2.53. The molecule has 0 bridgehead atoms. The van der Waals surface area contributed by atoms with Crippen LogP contribution in [0.4, 0.5) is 0 Å². The first-order valence-electron chi connectivity index (χ1n) is 5.74. The van der Waals surface area contributed by atoms with Gasteiger partial charge in [0.25, 0.3) is 5.56 Å². The van der Waals surface area contributed by atoms with Crippen LogP contribution in [-0.4, -0.2) is 19.5 Å². The molecular formula is C12H15BrN4O. The maximum atomic E-state index is 11.9. The largest absolute Gasteiger partial charge is 0.331 e. The van der Waals surface area contributed by atoms with Crippen LogP contribution in [-0.2, 0) is 13.5 Å². The van der Waals surface area contributed by atoms with Gasteiger partial charge in [0.05, 0.1) is 18.2 Å². The number of nitrogens with zero attached hydrogens (tertiary/aromatic N) is 3. The van der Waals surface area contributed by atoms with Gasteiger partial charge in [0.15, 0.2) is 5.82 Å². The van der Waals surface area contributed by atoms with Crippen molar-refractivity contribution < 1.29 is 0 Å². The Bertz CT molecular complexity index is 615. The second-order valence-corrected chi connectivity index (χ2v) is 5.46. The maximum absolute atomic E-state index is 11.9. The highest BCUT2D eigenvalue weighted by Gasteiger charge is 2.13. The van der Waals surface area contributed by atoms with Gasteiger partial charge in [-0.15, -0.1) is 0 Å². The number of imidazole rings is 1. The normalized spacial score (nSPS) is 11.2. The Hall–Kier alpha value is -1.43. The van der Waals surface area contributed by atoms with Gasteiger partial charge in [0.2, 0.25) is 0 Å². The predicted octanol–water partition coefficient (Wildman–Crippen LogP) is 2.13. The van der Waals surface area contributed by atoms with Gasteiger partial charge in [-0.05, 0) is 28.3 Å². The van der Waals surface area contributed by atoms with E-state index in [1.165, 1.54) is 0 Å². The number of H-pyrrole nitrogens is 1. The molecule has 0 fully saturated rings. The first-order valence-corrected chi connectivity index (χ1v) is 6.53. The van der Waals surface area contributed by atoms with Crippen LogP contribution in [0.2, 0.25) is 0 Å². The highest BCUT2D eigenvalue weighted by Crippen LogP contribution is 2.18. The molecule has 5 nitrogen and oxygen atoms in total. The van der Waals surface area contributed by atoms with Crippen LogP contribution in [0.5, 0.6) is 0 Å². The summed E-state index contributed by atoms with van der Waals surface area (Å²) in [5.74, 6) is 0.994. The number of aromatic amines is 1. The summed E-state index contributed by atoms with van der Waals surface area (Å²) in [6.45, 7) is 4.19. The van der Waals surface area contributed by atoms with Crippen molar-refractivity contribution in [2.45, 2.75) is 20.3 Å². The maximum Gasteiger partial charge on any atom is 0.265 e. The van der Waals surface area contributed by atoms with Gasteiger partial charge >= 0.3 is 0 Å². The Labute approximate surface area is 113 Å². The number of hydrogen-bond acceptors (Lipinski definition) is 3. The summed E-state index contributed by atoms with van der Waals surface area (Å²) < 4.78 is 2.34. The molecule has 2 aromatic heterocycles. The summed E-state index contributed by atoms with van der Waals surface area (Å²) in [5.41, 5.74) is 1.42. The Kier molecular flexibility index (Phi) is 3.65. The Morgan fingerprint density at radius 1 is 1.50 bits per heavy atom. The van der Waals surface area contributed by atoms with Gasteiger partial charge in [0.1, 0.15) is 10.2 Å².